The SMILES string of the molecule is Cc1cc2cc(CNC(=O)C(C)C)ccc2[nH]1. The largest absolute Gasteiger partial charge is 0.359 e. The van der Waals surface area contributed by atoms with Crippen molar-refractivity contribution in [3.63, 3.8) is 0 Å². The number of carbonyl (C=O) groups is 1. The lowest BCUT2D eigenvalue weighted by molar-refractivity contribution is -0.124. The molecule has 0 spiro atoms. The van der Waals surface area contributed by atoms with E-state index >= 15 is 0 Å². The maximum absolute atomic E-state index is 11.5. The van der Waals surface area contributed by atoms with Gasteiger partial charge in [-0.25, -0.2) is 0 Å². The first-order valence-corrected chi connectivity index (χ1v) is 5.92. The van der Waals surface area contributed by atoms with Crippen LogP contribution in [0.5, 0.6) is 0 Å². The second kappa shape index (κ2) is 4.62. The Morgan fingerprint density at radius 3 is 2.82 bits per heavy atom. The number of amides is 1. The van der Waals surface area contributed by atoms with E-state index in [1.807, 2.05) is 26.8 Å². The molecule has 2 N–H and O–H groups in total. The van der Waals surface area contributed by atoms with Crippen LogP contribution < -0.4 is 5.32 Å². The molecule has 3 nitrogen and oxygen atoms in total. The van der Waals surface area contributed by atoms with Crippen LogP contribution in [-0.4, -0.2) is 10.9 Å². The highest BCUT2D eigenvalue weighted by molar-refractivity contribution is 5.81. The van der Waals surface area contributed by atoms with E-state index in [-0.39, 0.29) is 11.8 Å². The van der Waals surface area contributed by atoms with Crippen molar-refractivity contribution >= 4 is 16.8 Å². The van der Waals surface area contributed by atoms with Crippen molar-refractivity contribution < 1.29 is 4.79 Å². The van der Waals surface area contributed by atoms with E-state index in [0.717, 1.165) is 16.8 Å². The summed E-state index contributed by atoms with van der Waals surface area (Å²) in [6, 6.07) is 8.32. The van der Waals surface area contributed by atoms with E-state index in [1.54, 1.807) is 0 Å². The van der Waals surface area contributed by atoms with Crippen molar-refractivity contribution in [2.75, 3.05) is 0 Å². The summed E-state index contributed by atoms with van der Waals surface area (Å²) in [5.74, 6) is 0.128. The number of rotatable bonds is 3. The Balaban J connectivity index is 2.11. The average Bonchev–Trinajstić information content (AvgIpc) is 2.64. The van der Waals surface area contributed by atoms with Crippen LogP contribution in [0.1, 0.15) is 25.1 Å². The van der Waals surface area contributed by atoms with Crippen LogP contribution in [0.3, 0.4) is 0 Å². The normalized spacial score (nSPS) is 11.1. The van der Waals surface area contributed by atoms with Gasteiger partial charge in [-0.05, 0) is 36.1 Å². The maximum Gasteiger partial charge on any atom is 0.222 e. The molecule has 0 saturated carbocycles. The number of H-pyrrole nitrogens is 1. The van der Waals surface area contributed by atoms with Gasteiger partial charge in [0.15, 0.2) is 0 Å². The molecular weight excluding hydrogens is 212 g/mol. The van der Waals surface area contributed by atoms with Gasteiger partial charge in [0.2, 0.25) is 5.91 Å². The van der Waals surface area contributed by atoms with E-state index in [1.165, 1.54) is 5.39 Å². The molecule has 1 heterocycles. The highest BCUT2D eigenvalue weighted by Gasteiger charge is 2.06. The molecule has 0 radical (unpaired) electrons. The summed E-state index contributed by atoms with van der Waals surface area (Å²) in [5.41, 5.74) is 3.43. The van der Waals surface area contributed by atoms with Gasteiger partial charge < -0.3 is 10.3 Å². The number of benzene rings is 1. The highest BCUT2D eigenvalue weighted by atomic mass is 16.1. The van der Waals surface area contributed by atoms with Gasteiger partial charge in [0.1, 0.15) is 0 Å². The summed E-state index contributed by atoms with van der Waals surface area (Å²) in [5, 5.41) is 4.11. The first-order valence-electron chi connectivity index (χ1n) is 5.92. The van der Waals surface area contributed by atoms with E-state index in [9.17, 15) is 4.79 Å². The summed E-state index contributed by atoms with van der Waals surface area (Å²) in [6.07, 6.45) is 0. The number of fused-ring (bicyclic) bond motifs is 1. The van der Waals surface area contributed by atoms with Crippen LogP contribution in [-0.2, 0) is 11.3 Å². The second-order valence-electron chi connectivity index (χ2n) is 4.75. The van der Waals surface area contributed by atoms with Crippen LogP contribution >= 0.6 is 0 Å². The molecule has 1 aromatic carbocycles. The van der Waals surface area contributed by atoms with Crippen molar-refractivity contribution in [1.82, 2.24) is 10.3 Å². The molecule has 0 fully saturated rings. The van der Waals surface area contributed by atoms with Crippen LogP contribution in [0.4, 0.5) is 0 Å². The summed E-state index contributed by atoms with van der Waals surface area (Å²) < 4.78 is 0. The lowest BCUT2D eigenvalue weighted by Gasteiger charge is -2.07. The Hall–Kier alpha value is -1.77. The molecule has 17 heavy (non-hydrogen) atoms. The van der Waals surface area contributed by atoms with Crippen molar-refractivity contribution in [1.29, 1.82) is 0 Å². The Bertz CT molecular complexity index is 540. The zero-order chi connectivity index (χ0) is 12.4. The molecule has 3 heteroatoms. The van der Waals surface area contributed by atoms with Crippen molar-refractivity contribution in [3.8, 4) is 0 Å². The number of aryl methyl sites for hydroxylation is 1. The molecule has 90 valence electrons. The standard InChI is InChI=1S/C14H18N2O/c1-9(2)14(17)15-8-11-4-5-13-12(7-11)6-10(3)16-13/h4-7,9,16H,8H2,1-3H3,(H,15,17). The van der Waals surface area contributed by atoms with Gasteiger partial charge >= 0.3 is 0 Å². The molecule has 0 aliphatic carbocycles. The van der Waals surface area contributed by atoms with Crippen molar-refractivity contribution in [2.45, 2.75) is 27.3 Å². The van der Waals surface area contributed by atoms with Gasteiger partial charge in [0, 0.05) is 23.7 Å². The fraction of sp³-hybridized carbons (Fsp3) is 0.357. The third kappa shape index (κ3) is 2.67. The third-order valence-corrected chi connectivity index (χ3v) is 2.81. The number of aromatic nitrogens is 1. The first-order chi connectivity index (χ1) is 8.06. The van der Waals surface area contributed by atoms with Gasteiger partial charge in [-0.1, -0.05) is 19.9 Å². The Labute approximate surface area is 101 Å². The number of hydrogen-bond donors (Lipinski definition) is 2. The predicted molar refractivity (Wildman–Crippen MR) is 69.7 cm³/mol. The fourth-order valence-electron chi connectivity index (χ4n) is 1.83. The van der Waals surface area contributed by atoms with E-state index in [4.69, 9.17) is 0 Å². The van der Waals surface area contributed by atoms with Crippen LogP contribution in [0.15, 0.2) is 24.3 Å². The monoisotopic (exact) mass is 230 g/mol. The summed E-state index contributed by atoms with van der Waals surface area (Å²) >= 11 is 0. The minimum Gasteiger partial charge on any atom is -0.359 e. The smallest absolute Gasteiger partial charge is 0.222 e. The topological polar surface area (TPSA) is 44.9 Å². The van der Waals surface area contributed by atoms with Gasteiger partial charge in [0.25, 0.3) is 0 Å². The molecule has 2 aromatic rings. The number of nitrogens with one attached hydrogen (secondary N) is 2. The minimum atomic E-state index is 0.0354. The molecule has 0 saturated heterocycles. The first kappa shape index (κ1) is 11.7. The summed E-state index contributed by atoms with van der Waals surface area (Å²) in [6.45, 7) is 6.43. The molecule has 0 unspecified atom stereocenters. The van der Waals surface area contributed by atoms with Gasteiger partial charge in [-0.3, -0.25) is 4.79 Å². The van der Waals surface area contributed by atoms with Crippen LogP contribution in [0.2, 0.25) is 0 Å². The van der Waals surface area contributed by atoms with Crippen molar-refractivity contribution in [3.05, 3.63) is 35.5 Å². The molecule has 2 rings (SSSR count). The summed E-state index contributed by atoms with van der Waals surface area (Å²) in [7, 11) is 0. The Morgan fingerprint density at radius 1 is 1.35 bits per heavy atom. The Morgan fingerprint density at radius 2 is 2.12 bits per heavy atom. The van der Waals surface area contributed by atoms with E-state index in [0.29, 0.717) is 6.54 Å². The molecule has 0 aliphatic heterocycles. The van der Waals surface area contributed by atoms with Crippen LogP contribution in [0, 0.1) is 12.8 Å². The van der Waals surface area contributed by atoms with E-state index < -0.39 is 0 Å². The maximum atomic E-state index is 11.5. The predicted octanol–water partition coefficient (Wildman–Crippen LogP) is 2.75. The summed E-state index contributed by atoms with van der Waals surface area (Å²) in [4.78, 5) is 14.7. The number of carbonyl (C=O) groups excluding carboxylic acids is 1. The third-order valence-electron chi connectivity index (χ3n) is 2.81. The van der Waals surface area contributed by atoms with Gasteiger partial charge in [-0.15, -0.1) is 0 Å². The molecule has 0 aliphatic rings. The molecule has 0 bridgehead atoms. The zero-order valence-electron chi connectivity index (χ0n) is 10.5. The quantitative estimate of drug-likeness (QED) is 0.836. The molecular formula is C14H18N2O. The Kier molecular flexibility index (Phi) is 3.18. The van der Waals surface area contributed by atoms with Crippen LogP contribution in [0.25, 0.3) is 10.9 Å². The number of aromatic amines is 1. The lowest BCUT2D eigenvalue weighted by Crippen LogP contribution is -2.27. The lowest BCUT2D eigenvalue weighted by atomic mass is 10.1. The molecule has 1 amide bonds. The second-order valence-corrected chi connectivity index (χ2v) is 4.75. The van der Waals surface area contributed by atoms with Crippen molar-refractivity contribution in [2.24, 2.45) is 5.92 Å². The highest BCUT2D eigenvalue weighted by Crippen LogP contribution is 2.16. The average molecular weight is 230 g/mol. The fourth-order valence-corrected chi connectivity index (χ4v) is 1.83. The molecule has 1 aromatic heterocycles. The van der Waals surface area contributed by atoms with Gasteiger partial charge in [-0.2, -0.15) is 0 Å². The minimum absolute atomic E-state index is 0.0354. The molecule has 0 atom stereocenters. The van der Waals surface area contributed by atoms with E-state index in [2.05, 4.69) is 28.5 Å². The zero-order valence-corrected chi connectivity index (χ0v) is 10.5. The van der Waals surface area contributed by atoms with Gasteiger partial charge in [0.05, 0.1) is 0 Å². The number of hydrogen-bond acceptors (Lipinski definition) is 1.